The summed E-state index contributed by atoms with van der Waals surface area (Å²) in [5.41, 5.74) is 1.73. The Bertz CT molecular complexity index is 822. The smallest absolute Gasteiger partial charge is 0.380 e. The molecule has 0 radical (unpaired) electrons. The first-order valence-electron chi connectivity index (χ1n) is 9.63. The zero-order chi connectivity index (χ0) is 20.9. The van der Waals surface area contributed by atoms with Crippen LogP contribution in [0.3, 0.4) is 0 Å². The van der Waals surface area contributed by atoms with Gasteiger partial charge in [-0.25, -0.2) is 0 Å². The highest BCUT2D eigenvalue weighted by Crippen LogP contribution is 2.29. The van der Waals surface area contributed by atoms with Crippen LogP contribution in [0, 0.1) is 0 Å². The second-order valence-corrected chi connectivity index (χ2v) is 7.21. The molecule has 0 aromatic heterocycles. The highest BCUT2D eigenvalue weighted by Gasteiger charge is 2.30. The highest BCUT2D eigenvalue weighted by molar-refractivity contribution is 5.95. The third kappa shape index (κ3) is 5.58. The summed E-state index contributed by atoms with van der Waals surface area (Å²) in [5, 5.41) is 0. The highest BCUT2D eigenvalue weighted by atomic mass is 19.4. The molecule has 0 bridgehead atoms. The van der Waals surface area contributed by atoms with Crippen molar-refractivity contribution < 1.29 is 22.7 Å². The minimum atomic E-state index is -4.32. The number of alkyl halides is 3. The molecule has 0 N–H and O–H groups in total. The topological polar surface area (TPSA) is 32.8 Å². The number of carbonyl (C=O) groups is 1. The van der Waals surface area contributed by atoms with Gasteiger partial charge in [0.1, 0.15) is 0 Å². The zero-order valence-corrected chi connectivity index (χ0v) is 16.4. The molecule has 0 aliphatic carbocycles. The molecule has 1 aliphatic heterocycles. The number of nitrogens with zero attached hydrogens (tertiary/aromatic N) is 2. The Kier molecular flexibility index (Phi) is 6.92. The van der Waals surface area contributed by atoms with Gasteiger partial charge in [0.2, 0.25) is 0 Å². The predicted molar refractivity (Wildman–Crippen MR) is 104 cm³/mol. The van der Waals surface area contributed by atoms with Crippen LogP contribution < -0.4 is 0 Å². The second-order valence-electron chi connectivity index (χ2n) is 7.21. The van der Waals surface area contributed by atoms with E-state index in [0.29, 0.717) is 38.3 Å². The van der Waals surface area contributed by atoms with Crippen molar-refractivity contribution in [2.75, 3.05) is 33.3 Å². The van der Waals surface area contributed by atoms with E-state index in [1.54, 1.807) is 7.11 Å². The molecule has 2 aromatic rings. The van der Waals surface area contributed by atoms with E-state index in [-0.39, 0.29) is 5.91 Å². The summed E-state index contributed by atoms with van der Waals surface area (Å²) >= 11 is 0. The summed E-state index contributed by atoms with van der Waals surface area (Å²) in [4.78, 5) is 17.0. The molecule has 0 spiro atoms. The lowest BCUT2D eigenvalue weighted by Crippen LogP contribution is -2.35. The van der Waals surface area contributed by atoms with E-state index < -0.39 is 11.7 Å². The summed E-state index contributed by atoms with van der Waals surface area (Å²) < 4.78 is 43.3. The van der Waals surface area contributed by atoms with Gasteiger partial charge in [-0.3, -0.25) is 9.69 Å². The lowest BCUT2D eigenvalue weighted by Gasteiger charge is -2.23. The number of carbonyl (C=O) groups excluding carboxylic acids is 1. The van der Waals surface area contributed by atoms with Crippen molar-refractivity contribution in [1.29, 1.82) is 0 Å². The van der Waals surface area contributed by atoms with Gasteiger partial charge >= 0.3 is 6.18 Å². The fraction of sp³-hybridized carbons (Fsp3) is 0.409. The quantitative estimate of drug-likeness (QED) is 0.746. The van der Waals surface area contributed by atoms with Gasteiger partial charge in [-0.15, -0.1) is 0 Å². The summed E-state index contributed by atoms with van der Waals surface area (Å²) in [7, 11) is 1.60. The van der Waals surface area contributed by atoms with Gasteiger partial charge in [-0.2, -0.15) is 13.2 Å². The molecule has 3 rings (SSSR count). The van der Waals surface area contributed by atoms with E-state index in [1.807, 2.05) is 29.2 Å². The number of hydrogen-bond acceptors (Lipinski definition) is 3. The van der Waals surface area contributed by atoms with Gasteiger partial charge in [0, 0.05) is 45.4 Å². The SMILES string of the molecule is COCc1ccccc1C(=O)N1CCCN(Cc2ccc(C(F)(F)F)cc2)CC1. The maximum atomic E-state index is 13.0. The van der Waals surface area contributed by atoms with E-state index in [0.717, 1.165) is 36.2 Å². The minimum Gasteiger partial charge on any atom is -0.380 e. The number of amides is 1. The lowest BCUT2D eigenvalue weighted by molar-refractivity contribution is -0.137. The Labute approximate surface area is 168 Å². The van der Waals surface area contributed by atoms with E-state index in [2.05, 4.69) is 4.90 Å². The van der Waals surface area contributed by atoms with E-state index in [9.17, 15) is 18.0 Å². The van der Waals surface area contributed by atoms with Crippen molar-refractivity contribution in [1.82, 2.24) is 9.80 Å². The Morgan fingerprint density at radius 3 is 2.41 bits per heavy atom. The van der Waals surface area contributed by atoms with Crippen molar-refractivity contribution in [2.45, 2.75) is 25.7 Å². The molecule has 1 aliphatic rings. The molecule has 2 aromatic carbocycles. The Morgan fingerprint density at radius 1 is 1.00 bits per heavy atom. The fourth-order valence-electron chi connectivity index (χ4n) is 3.57. The van der Waals surface area contributed by atoms with Gasteiger partial charge in [-0.05, 0) is 35.7 Å². The summed E-state index contributed by atoms with van der Waals surface area (Å²) in [6.45, 7) is 3.67. The van der Waals surface area contributed by atoms with Crippen LogP contribution in [-0.2, 0) is 24.1 Å². The molecule has 1 fully saturated rings. The maximum Gasteiger partial charge on any atom is 0.416 e. The van der Waals surface area contributed by atoms with Crippen LogP contribution >= 0.6 is 0 Å². The molecule has 0 atom stereocenters. The maximum absolute atomic E-state index is 13.0. The third-order valence-corrected chi connectivity index (χ3v) is 5.11. The molecule has 7 heteroatoms. The van der Waals surface area contributed by atoms with Gasteiger partial charge < -0.3 is 9.64 Å². The van der Waals surface area contributed by atoms with Gasteiger partial charge in [0.15, 0.2) is 0 Å². The first kappa shape index (κ1) is 21.3. The van der Waals surface area contributed by atoms with Crippen LogP contribution in [-0.4, -0.2) is 49.0 Å². The molecule has 156 valence electrons. The van der Waals surface area contributed by atoms with Crippen LogP contribution in [0.15, 0.2) is 48.5 Å². The van der Waals surface area contributed by atoms with Crippen LogP contribution in [0.5, 0.6) is 0 Å². The third-order valence-electron chi connectivity index (χ3n) is 5.11. The molecule has 29 heavy (non-hydrogen) atoms. The van der Waals surface area contributed by atoms with E-state index in [1.165, 1.54) is 12.1 Å². The molecular weight excluding hydrogens is 381 g/mol. The standard InChI is InChI=1S/C22H25F3N2O2/c1-29-16-18-5-2-3-6-20(18)21(28)27-12-4-11-26(13-14-27)15-17-7-9-19(10-8-17)22(23,24)25/h2-3,5-10H,4,11-16H2,1H3. The average molecular weight is 406 g/mol. The summed E-state index contributed by atoms with van der Waals surface area (Å²) in [6, 6.07) is 12.7. The molecule has 0 saturated carbocycles. The number of hydrogen-bond donors (Lipinski definition) is 0. The van der Waals surface area contributed by atoms with Gasteiger partial charge in [-0.1, -0.05) is 30.3 Å². The van der Waals surface area contributed by atoms with Crippen LogP contribution in [0.2, 0.25) is 0 Å². The lowest BCUT2D eigenvalue weighted by atomic mass is 10.1. The van der Waals surface area contributed by atoms with Crippen LogP contribution in [0.1, 0.15) is 33.5 Å². The first-order chi connectivity index (χ1) is 13.9. The predicted octanol–water partition coefficient (Wildman–Crippen LogP) is 4.20. The molecule has 0 unspecified atom stereocenters. The monoisotopic (exact) mass is 406 g/mol. The Morgan fingerprint density at radius 2 is 1.72 bits per heavy atom. The van der Waals surface area contributed by atoms with Gasteiger partial charge in [0.05, 0.1) is 12.2 Å². The Hall–Kier alpha value is -2.38. The van der Waals surface area contributed by atoms with Crippen molar-refractivity contribution in [3.63, 3.8) is 0 Å². The van der Waals surface area contributed by atoms with Crippen molar-refractivity contribution in [2.24, 2.45) is 0 Å². The van der Waals surface area contributed by atoms with E-state index >= 15 is 0 Å². The second kappa shape index (κ2) is 9.41. The minimum absolute atomic E-state index is 0.00553. The molecule has 1 amide bonds. The number of ether oxygens (including phenoxy) is 1. The number of benzene rings is 2. The molecule has 1 heterocycles. The van der Waals surface area contributed by atoms with Crippen LogP contribution in [0.25, 0.3) is 0 Å². The molecular formula is C22H25F3N2O2. The molecule has 4 nitrogen and oxygen atoms in total. The Balaban J connectivity index is 1.61. The van der Waals surface area contributed by atoms with Crippen LogP contribution in [0.4, 0.5) is 13.2 Å². The van der Waals surface area contributed by atoms with Crippen molar-refractivity contribution in [3.8, 4) is 0 Å². The largest absolute Gasteiger partial charge is 0.416 e. The fourth-order valence-corrected chi connectivity index (χ4v) is 3.57. The first-order valence-corrected chi connectivity index (χ1v) is 9.63. The number of methoxy groups -OCH3 is 1. The molecule has 1 saturated heterocycles. The summed E-state index contributed by atoms with van der Waals surface area (Å²) in [5.74, 6) is -0.00553. The number of halogens is 3. The number of rotatable bonds is 5. The zero-order valence-electron chi connectivity index (χ0n) is 16.4. The normalized spacial score (nSPS) is 15.9. The van der Waals surface area contributed by atoms with Crippen molar-refractivity contribution in [3.05, 3.63) is 70.8 Å². The summed E-state index contributed by atoms with van der Waals surface area (Å²) in [6.07, 6.45) is -3.50. The van der Waals surface area contributed by atoms with Crippen molar-refractivity contribution >= 4 is 5.91 Å². The van der Waals surface area contributed by atoms with Gasteiger partial charge in [0.25, 0.3) is 5.91 Å². The van der Waals surface area contributed by atoms with E-state index in [4.69, 9.17) is 4.74 Å². The average Bonchev–Trinajstić information content (AvgIpc) is 2.93.